The lowest BCUT2D eigenvalue weighted by Gasteiger charge is -2.28. The smallest absolute Gasteiger partial charge is 0.334 e. The van der Waals surface area contributed by atoms with Crippen LogP contribution < -0.4 is 5.32 Å². The topological polar surface area (TPSA) is 32.3 Å². The number of hydrogen-bond acceptors (Lipinski definition) is 2. The SMILES string of the molecule is CCN(CC(F)(F)F)C(=O)C1CC2CCC1N2. The molecule has 0 saturated carbocycles. The quantitative estimate of drug-likeness (QED) is 0.824. The van der Waals surface area contributed by atoms with Crippen LogP contribution in [0, 0.1) is 5.92 Å². The normalized spacial score (nSPS) is 31.9. The molecule has 2 heterocycles. The molecule has 6 heteroatoms. The molecule has 0 spiro atoms. The van der Waals surface area contributed by atoms with Crippen LogP contribution in [-0.2, 0) is 4.79 Å². The molecular formula is C11H17F3N2O. The van der Waals surface area contributed by atoms with Crippen molar-refractivity contribution in [2.75, 3.05) is 13.1 Å². The molecule has 0 aromatic heterocycles. The van der Waals surface area contributed by atoms with Gasteiger partial charge in [-0.1, -0.05) is 0 Å². The zero-order valence-corrected chi connectivity index (χ0v) is 9.76. The Morgan fingerprint density at radius 1 is 1.41 bits per heavy atom. The van der Waals surface area contributed by atoms with Gasteiger partial charge in [-0.3, -0.25) is 4.79 Å². The molecule has 0 aromatic carbocycles. The van der Waals surface area contributed by atoms with Gasteiger partial charge < -0.3 is 10.2 Å². The van der Waals surface area contributed by atoms with Crippen LogP contribution >= 0.6 is 0 Å². The first-order chi connectivity index (χ1) is 7.90. The number of nitrogens with one attached hydrogen (secondary N) is 1. The van der Waals surface area contributed by atoms with Crippen LogP contribution in [-0.4, -0.2) is 42.2 Å². The van der Waals surface area contributed by atoms with Crippen molar-refractivity contribution in [3.8, 4) is 0 Å². The third-order valence-electron chi connectivity index (χ3n) is 3.68. The summed E-state index contributed by atoms with van der Waals surface area (Å²) in [7, 11) is 0. The third-order valence-corrected chi connectivity index (χ3v) is 3.68. The second kappa shape index (κ2) is 4.48. The Bertz CT molecular complexity index is 306. The van der Waals surface area contributed by atoms with Crippen LogP contribution in [0.15, 0.2) is 0 Å². The number of amides is 1. The van der Waals surface area contributed by atoms with Gasteiger partial charge in [0, 0.05) is 18.6 Å². The number of fused-ring (bicyclic) bond motifs is 2. The van der Waals surface area contributed by atoms with Gasteiger partial charge in [-0.05, 0) is 26.2 Å². The summed E-state index contributed by atoms with van der Waals surface area (Å²) in [5, 5.41) is 3.27. The molecule has 1 N–H and O–H groups in total. The van der Waals surface area contributed by atoms with E-state index < -0.39 is 12.7 Å². The first-order valence-corrected chi connectivity index (χ1v) is 6.02. The summed E-state index contributed by atoms with van der Waals surface area (Å²) in [6, 6.07) is 0.424. The van der Waals surface area contributed by atoms with Gasteiger partial charge in [0.25, 0.3) is 0 Å². The van der Waals surface area contributed by atoms with Crippen molar-refractivity contribution in [1.82, 2.24) is 10.2 Å². The van der Waals surface area contributed by atoms with Crippen molar-refractivity contribution in [3.05, 3.63) is 0 Å². The minimum atomic E-state index is -4.31. The Kier molecular flexibility index (Phi) is 3.34. The van der Waals surface area contributed by atoms with Gasteiger partial charge in [0.1, 0.15) is 6.54 Å². The maximum Gasteiger partial charge on any atom is 0.406 e. The van der Waals surface area contributed by atoms with Crippen LogP contribution in [0.25, 0.3) is 0 Å². The fraction of sp³-hybridized carbons (Fsp3) is 0.909. The summed E-state index contributed by atoms with van der Waals surface area (Å²) in [4.78, 5) is 13.0. The lowest BCUT2D eigenvalue weighted by molar-refractivity contribution is -0.163. The summed E-state index contributed by atoms with van der Waals surface area (Å²) < 4.78 is 37.0. The van der Waals surface area contributed by atoms with E-state index in [1.54, 1.807) is 6.92 Å². The van der Waals surface area contributed by atoms with Gasteiger partial charge in [0.2, 0.25) is 5.91 Å². The Balaban J connectivity index is 1.98. The van der Waals surface area contributed by atoms with Crippen LogP contribution in [0.3, 0.4) is 0 Å². The molecule has 0 aromatic rings. The zero-order valence-electron chi connectivity index (χ0n) is 9.76. The van der Waals surface area contributed by atoms with Crippen molar-refractivity contribution in [1.29, 1.82) is 0 Å². The molecule has 3 nitrogen and oxygen atoms in total. The Morgan fingerprint density at radius 3 is 2.53 bits per heavy atom. The molecule has 1 amide bonds. The van der Waals surface area contributed by atoms with Gasteiger partial charge >= 0.3 is 6.18 Å². The molecule has 3 atom stereocenters. The van der Waals surface area contributed by atoms with E-state index in [0.29, 0.717) is 12.5 Å². The summed E-state index contributed by atoms with van der Waals surface area (Å²) >= 11 is 0. The summed E-state index contributed by atoms with van der Waals surface area (Å²) in [5.41, 5.74) is 0. The van der Waals surface area contributed by atoms with Crippen LogP contribution in [0.1, 0.15) is 26.2 Å². The number of carbonyl (C=O) groups is 1. The maximum atomic E-state index is 12.3. The van der Waals surface area contributed by atoms with E-state index in [2.05, 4.69) is 5.32 Å². The molecule has 98 valence electrons. The lowest BCUT2D eigenvalue weighted by Crippen LogP contribution is -2.45. The predicted octanol–water partition coefficient (Wildman–Crippen LogP) is 1.54. The van der Waals surface area contributed by atoms with Gasteiger partial charge in [0.05, 0.1) is 5.92 Å². The molecule has 3 unspecified atom stereocenters. The average Bonchev–Trinajstić information content (AvgIpc) is 2.85. The van der Waals surface area contributed by atoms with E-state index in [9.17, 15) is 18.0 Å². The van der Waals surface area contributed by atoms with Crippen LogP contribution in [0.5, 0.6) is 0 Å². The number of carbonyl (C=O) groups excluding carboxylic acids is 1. The maximum absolute atomic E-state index is 12.3. The molecule has 2 rings (SSSR count). The number of alkyl halides is 3. The molecular weight excluding hydrogens is 233 g/mol. The van der Waals surface area contributed by atoms with E-state index in [1.807, 2.05) is 0 Å². The summed E-state index contributed by atoms with van der Waals surface area (Å²) in [5.74, 6) is -0.597. The number of nitrogens with zero attached hydrogens (tertiary/aromatic N) is 1. The highest BCUT2D eigenvalue weighted by Gasteiger charge is 2.45. The van der Waals surface area contributed by atoms with Crippen molar-refractivity contribution in [3.63, 3.8) is 0 Å². The molecule has 2 saturated heterocycles. The van der Waals surface area contributed by atoms with Crippen molar-refractivity contribution >= 4 is 5.91 Å². The lowest BCUT2D eigenvalue weighted by atomic mass is 9.88. The van der Waals surface area contributed by atoms with Gasteiger partial charge in [-0.2, -0.15) is 13.2 Å². The third kappa shape index (κ3) is 2.73. The van der Waals surface area contributed by atoms with Crippen molar-refractivity contribution in [2.24, 2.45) is 5.92 Å². The first kappa shape index (κ1) is 12.7. The molecule has 17 heavy (non-hydrogen) atoms. The second-order valence-corrected chi connectivity index (χ2v) is 4.86. The minimum absolute atomic E-state index is 0.0924. The average molecular weight is 250 g/mol. The number of halogens is 3. The van der Waals surface area contributed by atoms with E-state index in [4.69, 9.17) is 0 Å². The second-order valence-electron chi connectivity index (χ2n) is 4.86. The Labute approximate surface area is 98.3 Å². The largest absolute Gasteiger partial charge is 0.406 e. The first-order valence-electron chi connectivity index (χ1n) is 6.02. The van der Waals surface area contributed by atoms with Crippen LogP contribution in [0.4, 0.5) is 13.2 Å². The highest BCUT2D eigenvalue weighted by atomic mass is 19.4. The Hall–Kier alpha value is -0.780. The molecule has 2 bridgehead atoms. The van der Waals surface area contributed by atoms with E-state index in [-0.39, 0.29) is 24.4 Å². The molecule has 2 fully saturated rings. The summed E-state index contributed by atoms with van der Waals surface area (Å²) in [6.45, 7) is 0.576. The van der Waals surface area contributed by atoms with Gasteiger partial charge in [0.15, 0.2) is 0 Å². The monoisotopic (exact) mass is 250 g/mol. The molecule has 0 aliphatic carbocycles. The Morgan fingerprint density at radius 2 is 2.12 bits per heavy atom. The highest BCUT2D eigenvalue weighted by Crippen LogP contribution is 2.34. The van der Waals surface area contributed by atoms with E-state index >= 15 is 0 Å². The van der Waals surface area contributed by atoms with Gasteiger partial charge in [-0.25, -0.2) is 0 Å². The molecule has 2 aliphatic heterocycles. The molecule has 0 radical (unpaired) electrons. The minimum Gasteiger partial charge on any atom is -0.334 e. The molecule has 2 aliphatic rings. The van der Waals surface area contributed by atoms with Gasteiger partial charge in [-0.15, -0.1) is 0 Å². The zero-order chi connectivity index (χ0) is 12.6. The summed E-state index contributed by atoms with van der Waals surface area (Å²) in [6.07, 6.45) is -1.67. The standard InChI is InChI=1S/C11H17F3N2O/c1-2-16(6-11(12,13)14)10(17)8-5-7-3-4-9(8)15-7/h7-9,15H,2-6H2,1H3. The van der Waals surface area contributed by atoms with Crippen molar-refractivity contribution < 1.29 is 18.0 Å². The van der Waals surface area contributed by atoms with E-state index in [0.717, 1.165) is 17.7 Å². The van der Waals surface area contributed by atoms with Crippen LogP contribution in [0.2, 0.25) is 0 Å². The predicted molar refractivity (Wildman–Crippen MR) is 56.4 cm³/mol. The fourth-order valence-electron chi connectivity index (χ4n) is 2.89. The number of rotatable bonds is 3. The highest BCUT2D eigenvalue weighted by molar-refractivity contribution is 5.80. The fourth-order valence-corrected chi connectivity index (χ4v) is 2.89. The van der Waals surface area contributed by atoms with Crippen molar-refractivity contribution in [2.45, 2.75) is 44.4 Å². The van der Waals surface area contributed by atoms with E-state index in [1.165, 1.54) is 0 Å². The number of hydrogen-bond donors (Lipinski definition) is 1.